The number of hydrogen-bond donors (Lipinski definition) is 0. The summed E-state index contributed by atoms with van der Waals surface area (Å²) in [4.78, 5) is 8.42. The van der Waals surface area contributed by atoms with Crippen molar-refractivity contribution in [3.05, 3.63) is 67.1 Å². The Morgan fingerprint density at radius 3 is 2.39 bits per heavy atom. The van der Waals surface area contributed by atoms with Crippen LogP contribution in [0.5, 0.6) is 11.6 Å². The Morgan fingerprint density at radius 1 is 0.870 bits per heavy atom. The summed E-state index contributed by atoms with van der Waals surface area (Å²) >= 11 is 0. The van der Waals surface area contributed by atoms with Crippen molar-refractivity contribution in [2.45, 2.75) is 0 Å². The second kappa shape index (κ2) is 5.53. The van der Waals surface area contributed by atoms with Crippen molar-refractivity contribution < 1.29 is 4.74 Å². The van der Waals surface area contributed by atoms with Crippen molar-refractivity contribution in [1.82, 2.24) is 19.7 Å². The zero-order valence-electron chi connectivity index (χ0n) is 12.5. The summed E-state index contributed by atoms with van der Waals surface area (Å²) in [5.41, 5.74) is 3.07. The summed E-state index contributed by atoms with van der Waals surface area (Å²) in [5, 5.41) is 4.98. The second-order valence-electron chi connectivity index (χ2n) is 5.18. The standard InChI is InChI=1S/C18H14N4O/c1-22-17-16(11-21-22)18(20-12-19-17)23-15-9-7-14(8-10-15)13-5-3-2-4-6-13/h2-12H,1H3. The molecule has 112 valence electrons. The van der Waals surface area contributed by atoms with Gasteiger partial charge in [0, 0.05) is 7.05 Å². The van der Waals surface area contributed by atoms with Gasteiger partial charge >= 0.3 is 0 Å². The minimum atomic E-state index is 0.510. The molecule has 4 rings (SSSR count). The van der Waals surface area contributed by atoms with Crippen molar-refractivity contribution in [2.24, 2.45) is 7.05 Å². The van der Waals surface area contributed by atoms with Crippen LogP contribution in [0.15, 0.2) is 67.1 Å². The zero-order chi connectivity index (χ0) is 15.6. The molecule has 2 aromatic heterocycles. The van der Waals surface area contributed by atoms with E-state index >= 15 is 0 Å². The van der Waals surface area contributed by atoms with Crippen LogP contribution in [0.3, 0.4) is 0 Å². The fourth-order valence-corrected chi connectivity index (χ4v) is 2.48. The average Bonchev–Trinajstić information content (AvgIpc) is 2.99. The van der Waals surface area contributed by atoms with Crippen LogP contribution in [0.2, 0.25) is 0 Å². The van der Waals surface area contributed by atoms with Crippen molar-refractivity contribution in [2.75, 3.05) is 0 Å². The molecule has 0 unspecified atom stereocenters. The van der Waals surface area contributed by atoms with E-state index in [1.165, 1.54) is 11.9 Å². The minimum absolute atomic E-state index is 0.510. The van der Waals surface area contributed by atoms with Gasteiger partial charge in [0.05, 0.1) is 6.20 Å². The van der Waals surface area contributed by atoms with Crippen LogP contribution in [-0.2, 0) is 7.05 Å². The molecular weight excluding hydrogens is 288 g/mol. The molecule has 0 N–H and O–H groups in total. The highest BCUT2D eigenvalue weighted by Crippen LogP contribution is 2.28. The number of nitrogens with zero attached hydrogens (tertiary/aromatic N) is 4. The molecule has 0 aliphatic rings. The molecule has 0 saturated carbocycles. The van der Waals surface area contributed by atoms with Gasteiger partial charge < -0.3 is 4.74 Å². The van der Waals surface area contributed by atoms with E-state index in [0.29, 0.717) is 5.88 Å². The van der Waals surface area contributed by atoms with E-state index in [1.54, 1.807) is 10.9 Å². The van der Waals surface area contributed by atoms with E-state index in [9.17, 15) is 0 Å². The average molecular weight is 302 g/mol. The molecule has 0 amide bonds. The maximum atomic E-state index is 5.89. The second-order valence-corrected chi connectivity index (χ2v) is 5.18. The Hall–Kier alpha value is -3.21. The third-order valence-electron chi connectivity index (χ3n) is 3.67. The SMILES string of the molecule is Cn1ncc2c(Oc3ccc(-c4ccccc4)cc3)ncnc21. The lowest BCUT2D eigenvalue weighted by Gasteiger charge is -2.07. The highest BCUT2D eigenvalue weighted by atomic mass is 16.5. The molecule has 0 radical (unpaired) electrons. The fraction of sp³-hybridized carbons (Fsp3) is 0.0556. The predicted molar refractivity (Wildman–Crippen MR) is 88.3 cm³/mol. The van der Waals surface area contributed by atoms with Gasteiger partial charge in [0.2, 0.25) is 5.88 Å². The van der Waals surface area contributed by atoms with Gasteiger partial charge in [0.25, 0.3) is 0 Å². The number of aryl methyl sites for hydroxylation is 1. The van der Waals surface area contributed by atoms with Crippen LogP contribution in [0.1, 0.15) is 0 Å². The topological polar surface area (TPSA) is 52.8 Å². The largest absolute Gasteiger partial charge is 0.438 e. The first kappa shape index (κ1) is 13.5. The molecule has 4 aromatic rings. The Labute approximate surface area is 133 Å². The van der Waals surface area contributed by atoms with Crippen LogP contribution in [0.25, 0.3) is 22.2 Å². The van der Waals surface area contributed by atoms with Crippen molar-refractivity contribution >= 4 is 11.0 Å². The number of benzene rings is 2. The molecule has 2 aromatic carbocycles. The van der Waals surface area contributed by atoms with Crippen molar-refractivity contribution in [3.8, 4) is 22.8 Å². The Bertz CT molecular complexity index is 946. The molecule has 0 saturated heterocycles. The quantitative estimate of drug-likeness (QED) is 0.577. The van der Waals surface area contributed by atoms with Gasteiger partial charge in [0.1, 0.15) is 17.5 Å². The van der Waals surface area contributed by atoms with Gasteiger partial charge in [-0.05, 0) is 23.3 Å². The molecule has 0 bridgehead atoms. The molecular formula is C18H14N4O. The maximum absolute atomic E-state index is 5.89. The molecule has 5 heteroatoms. The molecule has 0 fully saturated rings. The van der Waals surface area contributed by atoms with E-state index in [-0.39, 0.29) is 0 Å². The number of hydrogen-bond acceptors (Lipinski definition) is 4. The van der Waals surface area contributed by atoms with E-state index in [1.807, 2.05) is 49.5 Å². The normalized spacial score (nSPS) is 10.8. The summed E-state index contributed by atoms with van der Waals surface area (Å²) in [7, 11) is 1.84. The van der Waals surface area contributed by atoms with Crippen LogP contribution in [0, 0.1) is 0 Å². The number of ether oxygens (including phenoxy) is 1. The lowest BCUT2D eigenvalue weighted by atomic mass is 10.1. The van der Waals surface area contributed by atoms with Crippen molar-refractivity contribution in [1.29, 1.82) is 0 Å². The third-order valence-corrected chi connectivity index (χ3v) is 3.67. The molecule has 5 nitrogen and oxygen atoms in total. The van der Waals surface area contributed by atoms with E-state index < -0.39 is 0 Å². The summed E-state index contributed by atoms with van der Waals surface area (Å²) in [6, 6.07) is 18.2. The number of rotatable bonds is 3. The van der Waals surface area contributed by atoms with Crippen LogP contribution >= 0.6 is 0 Å². The molecule has 0 spiro atoms. The Morgan fingerprint density at radius 2 is 1.61 bits per heavy atom. The van der Waals surface area contributed by atoms with Gasteiger partial charge in [-0.2, -0.15) is 5.10 Å². The van der Waals surface area contributed by atoms with Crippen molar-refractivity contribution in [3.63, 3.8) is 0 Å². The predicted octanol–water partition coefficient (Wildman–Crippen LogP) is 3.82. The van der Waals surface area contributed by atoms with Crippen LogP contribution in [0.4, 0.5) is 0 Å². The van der Waals surface area contributed by atoms with Gasteiger partial charge in [0.15, 0.2) is 5.65 Å². The summed E-state index contributed by atoms with van der Waals surface area (Å²) in [5.74, 6) is 1.24. The Balaban J connectivity index is 1.64. The summed E-state index contributed by atoms with van der Waals surface area (Å²) in [6.45, 7) is 0. The van der Waals surface area contributed by atoms with Crippen LogP contribution < -0.4 is 4.74 Å². The highest BCUT2D eigenvalue weighted by molar-refractivity contribution is 5.80. The number of fused-ring (bicyclic) bond motifs is 1. The van der Waals surface area contributed by atoms with E-state index in [4.69, 9.17) is 4.74 Å². The van der Waals surface area contributed by atoms with Gasteiger partial charge in [-0.3, -0.25) is 4.68 Å². The van der Waals surface area contributed by atoms with E-state index in [0.717, 1.165) is 22.3 Å². The first-order valence-electron chi connectivity index (χ1n) is 7.27. The molecule has 2 heterocycles. The fourth-order valence-electron chi connectivity index (χ4n) is 2.48. The number of aromatic nitrogens is 4. The molecule has 0 aliphatic carbocycles. The maximum Gasteiger partial charge on any atom is 0.233 e. The first-order chi connectivity index (χ1) is 11.3. The third kappa shape index (κ3) is 2.53. The smallest absolute Gasteiger partial charge is 0.233 e. The monoisotopic (exact) mass is 302 g/mol. The summed E-state index contributed by atoms with van der Waals surface area (Å²) < 4.78 is 7.59. The minimum Gasteiger partial charge on any atom is -0.438 e. The molecule has 23 heavy (non-hydrogen) atoms. The van der Waals surface area contributed by atoms with Gasteiger partial charge in [-0.15, -0.1) is 0 Å². The summed E-state index contributed by atoms with van der Waals surface area (Å²) in [6.07, 6.45) is 3.20. The van der Waals surface area contributed by atoms with Crippen LogP contribution in [-0.4, -0.2) is 19.7 Å². The van der Waals surface area contributed by atoms with Gasteiger partial charge in [-0.25, -0.2) is 9.97 Å². The lowest BCUT2D eigenvalue weighted by Crippen LogP contribution is -1.94. The first-order valence-corrected chi connectivity index (χ1v) is 7.27. The zero-order valence-corrected chi connectivity index (χ0v) is 12.5. The molecule has 0 atom stereocenters. The lowest BCUT2D eigenvalue weighted by molar-refractivity contribution is 0.468. The highest BCUT2D eigenvalue weighted by Gasteiger charge is 2.09. The Kier molecular flexibility index (Phi) is 3.24. The van der Waals surface area contributed by atoms with Gasteiger partial charge in [-0.1, -0.05) is 42.5 Å². The van der Waals surface area contributed by atoms with E-state index in [2.05, 4.69) is 27.2 Å². The molecule has 0 aliphatic heterocycles.